The first-order valence-corrected chi connectivity index (χ1v) is 11.5. The van der Waals surface area contributed by atoms with Gasteiger partial charge in [0, 0.05) is 19.2 Å². The predicted molar refractivity (Wildman–Crippen MR) is 131 cm³/mol. The molecule has 1 unspecified atom stereocenters. The summed E-state index contributed by atoms with van der Waals surface area (Å²) in [6.07, 6.45) is -0.515. The van der Waals surface area contributed by atoms with Crippen molar-refractivity contribution in [2.45, 2.75) is 39.0 Å². The van der Waals surface area contributed by atoms with Crippen LogP contribution in [0.15, 0.2) is 60.8 Å². The zero-order valence-corrected chi connectivity index (χ0v) is 21.1. The Balaban J connectivity index is 1.75. The highest BCUT2D eigenvalue weighted by Crippen LogP contribution is 2.30. The Morgan fingerprint density at radius 3 is 2.11 bits per heavy atom. The van der Waals surface area contributed by atoms with Crippen LogP contribution in [-0.4, -0.2) is 42.1 Å². The van der Waals surface area contributed by atoms with Gasteiger partial charge in [-0.15, -0.1) is 0 Å². The highest BCUT2D eigenvalue weighted by atomic mass is 19.1. The summed E-state index contributed by atoms with van der Waals surface area (Å²) in [5.74, 6) is -3.03. The van der Waals surface area contributed by atoms with E-state index in [9.17, 15) is 23.2 Å². The SMILES string of the molecule is COc1ccnc(C(=O)N[C@@H](C)C(=O)O[C@@H](C)C(Oc2ccc(F)cc2)c2ccc(F)cc2)c1OC(C)=O. The van der Waals surface area contributed by atoms with Crippen molar-refractivity contribution in [1.82, 2.24) is 10.3 Å². The third-order valence-corrected chi connectivity index (χ3v) is 5.25. The molecule has 0 aliphatic rings. The highest BCUT2D eigenvalue weighted by molar-refractivity contribution is 5.98. The van der Waals surface area contributed by atoms with E-state index in [1.165, 1.54) is 74.8 Å². The minimum atomic E-state index is -1.15. The smallest absolute Gasteiger partial charge is 0.328 e. The number of benzene rings is 2. The molecule has 9 nitrogen and oxygen atoms in total. The molecule has 0 saturated heterocycles. The number of amides is 1. The van der Waals surface area contributed by atoms with Gasteiger partial charge in [-0.1, -0.05) is 12.1 Å². The topological polar surface area (TPSA) is 113 Å². The Labute approximate surface area is 217 Å². The number of esters is 2. The molecule has 1 heterocycles. The molecule has 1 N–H and O–H groups in total. The molecular weight excluding hydrogens is 502 g/mol. The van der Waals surface area contributed by atoms with Gasteiger partial charge in [-0.25, -0.2) is 18.6 Å². The first-order valence-electron chi connectivity index (χ1n) is 11.5. The molecule has 0 spiro atoms. The molecule has 0 fully saturated rings. The second-order valence-corrected chi connectivity index (χ2v) is 8.17. The molecule has 0 saturated carbocycles. The molecular formula is C27H26F2N2O7. The van der Waals surface area contributed by atoms with Gasteiger partial charge in [0.15, 0.2) is 17.5 Å². The lowest BCUT2D eigenvalue weighted by atomic mass is 10.0. The number of ether oxygens (including phenoxy) is 4. The summed E-state index contributed by atoms with van der Waals surface area (Å²) < 4.78 is 48.5. The molecule has 0 bridgehead atoms. The molecule has 2 aromatic carbocycles. The van der Waals surface area contributed by atoms with Crippen LogP contribution in [0.4, 0.5) is 8.78 Å². The van der Waals surface area contributed by atoms with Gasteiger partial charge in [0.1, 0.15) is 29.5 Å². The number of nitrogens with one attached hydrogen (secondary N) is 1. The highest BCUT2D eigenvalue weighted by Gasteiger charge is 2.29. The molecule has 3 atom stereocenters. The Morgan fingerprint density at radius 1 is 0.921 bits per heavy atom. The van der Waals surface area contributed by atoms with Crippen LogP contribution in [0.2, 0.25) is 0 Å². The van der Waals surface area contributed by atoms with Crippen molar-refractivity contribution >= 4 is 17.8 Å². The summed E-state index contributed by atoms with van der Waals surface area (Å²) in [6.45, 7) is 4.11. The fourth-order valence-corrected chi connectivity index (χ4v) is 3.41. The number of pyridine rings is 1. The van der Waals surface area contributed by atoms with E-state index in [1.807, 2.05) is 0 Å². The normalized spacial score (nSPS) is 13.0. The van der Waals surface area contributed by atoms with Crippen molar-refractivity contribution < 1.29 is 42.1 Å². The van der Waals surface area contributed by atoms with Gasteiger partial charge in [-0.2, -0.15) is 0 Å². The average Bonchev–Trinajstić information content (AvgIpc) is 2.88. The molecule has 0 aliphatic carbocycles. The van der Waals surface area contributed by atoms with E-state index < -0.39 is 47.7 Å². The zero-order valence-electron chi connectivity index (χ0n) is 21.1. The second kappa shape index (κ2) is 12.6. The lowest BCUT2D eigenvalue weighted by molar-refractivity contribution is -0.154. The molecule has 200 valence electrons. The standard InChI is InChI=1S/C27H26F2N2O7/c1-15(31-26(33)23-25(37-17(3)32)22(35-4)13-14-30-23)27(34)36-16(2)24(18-5-7-19(28)8-6-18)38-21-11-9-20(29)10-12-21/h5-16,24H,1-4H3,(H,31,33)/t15-,16-,24?/m0/s1. The van der Waals surface area contributed by atoms with E-state index in [0.29, 0.717) is 11.3 Å². The van der Waals surface area contributed by atoms with Crippen LogP contribution in [0.5, 0.6) is 17.2 Å². The number of carbonyl (C=O) groups excluding carboxylic acids is 3. The quantitative estimate of drug-likeness (QED) is 0.391. The molecule has 11 heteroatoms. The van der Waals surface area contributed by atoms with E-state index in [1.54, 1.807) is 6.92 Å². The fraction of sp³-hybridized carbons (Fsp3) is 0.259. The van der Waals surface area contributed by atoms with Crippen LogP contribution < -0.4 is 19.5 Å². The van der Waals surface area contributed by atoms with Gasteiger partial charge < -0.3 is 24.3 Å². The van der Waals surface area contributed by atoms with E-state index in [0.717, 1.165) is 6.92 Å². The maximum Gasteiger partial charge on any atom is 0.328 e. The van der Waals surface area contributed by atoms with E-state index in [4.69, 9.17) is 18.9 Å². The number of hydrogen-bond acceptors (Lipinski definition) is 8. The number of hydrogen-bond donors (Lipinski definition) is 1. The summed E-state index contributed by atoms with van der Waals surface area (Å²) in [7, 11) is 1.33. The van der Waals surface area contributed by atoms with Crippen molar-refractivity contribution in [1.29, 1.82) is 0 Å². The number of carbonyl (C=O) groups is 3. The minimum Gasteiger partial charge on any atom is -0.493 e. The first-order chi connectivity index (χ1) is 18.1. The number of rotatable bonds is 10. The molecule has 0 aliphatic heterocycles. The van der Waals surface area contributed by atoms with Crippen molar-refractivity contribution in [3.8, 4) is 17.2 Å². The molecule has 3 aromatic rings. The third-order valence-electron chi connectivity index (χ3n) is 5.25. The zero-order chi connectivity index (χ0) is 27.8. The van der Waals surface area contributed by atoms with Crippen LogP contribution in [-0.2, 0) is 14.3 Å². The minimum absolute atomic E-state index is 0.101. The maximum atomic E-state index is 13.5. The molecule has 1 amide bonds. The van der Waals surface area contributed by atoms with Crippen molar-refractivity contribution in [3.63, 3.8) is 0 Å². The number of aromatic nitrogens is 1. The Kier molecular flexibility index (Phi) is 9.31. The van der Waals surface area contributed by atoms with Crippen LogP contribution in [0.3, 0.4) is 0 Å². The Hall–Kier alpha value is -4.54. The molecule has 3 rings (SSSR count). The molecule has 1 aromatic heterocycles. The lowest BCUT2D eigenvalue weighted by Crippen LogP contribution is -2.42. The summed E-state index contributed by atoms with van der Waals surface area (Å²) in [5.41, 5.74) is 0.232. The summed E-state index contributed by atoms with van der Waals surface area (Å²) in [6, 6.07) is 10.9. The van der Waals surface area contributed by atoms with Gasteiger partial charge >= 0.3 is 11.9 Å². The van der Waals surface area contributed by atoms with Crippen molar-refractivity contribution in [2.75, 3.05) is 7.11 Å². The second-order valence-electron chi connectivity index (χ2n) is 8.17. The largest absolute Gasteiger partial charge is 0.493 e. The Bertz CT molecular complexity index is 1280. The molecule has 0 radical (unpaired) electrons. The summed E-state index contributed by atoms with van der Waals surface area (Å²) in [4.78, 5) is 41.1. The molecule has 38 heavy (non-hydrogen) atoms. The van der Waals surface area contributed by atoms with E-state index >= 15 is 0 Å². The average molecular weight is 529 g/mol. The van der Waals surface area contributed by atoms with Crippen LogP contribution in [0.25, 0.3) is 0 Å². The Morgan fingerprint density at radius 2 is 1.53 bits per heavy atom. The van der Waals surface area contributed by atoms with Crippen LogP contribution >= 0.6 is 0 Å². The third kappa shape index (κ3) is 7.25. The van der Waals surface area contributed by atoms with Crippen LogP contribution in [0.1, 0.15) is 42.9 Å². The number of methoxy groups -OCH3 is 1. The maximum absolute atomic E-state index is 13.5. The van der Waals surface area contributed by atoms with Gasteiger partial charge in [0.05, 0.1) is 7.11 Å². The van der Waals surface area contributed by atoms with E-state index in [-0.39, 0.29) is 17.2 Å². The summed E-state index contributed by atoms with van der Waals surface area (Å²) >= 11 is 0. The lowest BCUT2D eigenvalue weighted by Gasteiger charge is -2.27. The predicted octanol–water partition coefficient (Wildman–Crippen LogP) is 4.16. The van der Waals surface area contributed by atoms with Gasteiger partial charge in [0.25, 0.3) is 5.91 Å². The number of nitrogens with zero attached hydrogens (tertiary/aromatic N) is 1. The first kappa shape index (κ1) is 28.0. The van der Waals surface area contributed by atoms with Gasteiger partial charge in [0.2, 0.25) is 5.75 Å². The van der Waals surface area contributed by atoms with Crippen molar-refractivity contribution in [3.05, 3.63) is 83.7 Å². The van der Waals surface area contributed by atoms with E-state index in [2.05, 4.69) is 10.3 Å². The number of halogens is 2. The van der Waals surface area contributed by atoms with Crippen molar-refractivity contribution in [2.24, 2.45) is 0 Å². The van der Waals surface area contributed by atoms with Gasteiger partial charge in [-0.05, 0) is 55.8 Å². The van der Waals surface area contributed by atoms with Crippen LogP contribution in [0, 0.1) is 11.6 Å². The monoisotopic (exact) mass is 528 g/mol. The fourth-order valence-electron chi connectivity index (χ4n) is 3.41. The van der Waals surface area contributed by atoms with Gasteiger partial charge in [-0.3, -0.25) is 9.59 Å². The summed E-state index contributed by atoms with van der Waals surface area (Å²) in [5, 5.41) is 2.45.